The van der Waals surface area contributed by atoms with Crippen LogP contribution in [0.2, 0.25) is 0 Å². The lowest BCUT2D eigenvalue weighted by Crippen LogP contribution is -2.43. The normalized spacial score (nSPS) is 20.7. The Kier molecular flexibility index (Phi) is 4.80. The molecule has 0 aromatic rings. The molecule has 1 aliphatic rings. The van der Waals surface area contributed by atoms with Crippen molar-refractivity contribution in [2.45, 2.75) is 56.7 Å². The molecule has 6 heteroatoms. The summed E-state index contributed by atoms with van der Waals surface area (Å²) in [6.45, 7) is -0.0814. The summed E-state index contributed by atoms with van der Waals surface area (Å²) in [5, 5.41) is 12.3. The van der Waals surface area contributed by atoms with Crippen LogP contribution in [0.4, 0.5) is 13.2 Å². The lowest BCUT2D eigenvalue weighted by atomic mass is 9.94. The maximum Gasteiger partial charge on any atom is 0.397 e. The van der Waals surface area contributed by atoms with Gasteiger partial charge in [0.05, 0.1) is 5.60 Å². The van der Waals surface area contributed by atoms with Crippen LogP contribution in [0.15, 0.2) is 0 Å². The van der Waals surface area contributed by atoms with Crippen molar-refractivity contribution < 1.29 is 23.1 Å². The minimum atomic E-state index is -4.49. The number of rotatable bonds is 3. The third kappa shape index (κ3) is 5.91. The van der Waals surface area contributed by atoms with Crippen LogP contribution in [0.5, 0.6) is 0 Å². The van der Waals surface area contributed by atoms with Crippen LogP contribution >= 0.6 is 0 Å². The fraction of sp³-hybridized carbons (Fsp3) is 0.909. The van der Waals surface area contributed by atoms with E-state index >= 15 is 0 Å². The molecule has 17 heavy (non-hydrogen) atoms. The fourth-order valence-electron chi connectivity index (χ4n) is 2.07. The summed E-state index contributed by atoms with van der Waals surface area (Å²) >= 11 is 0. The van der Waals surface area contributed by atoms with Gasteiger partial charge in [0, 0.05) is 6.54 Å². The zero-order chi connectivity index (χ0) is 12.9. The van der Waals surface area contributed by atoms with Crippen LogP contribution in [0.1, 0.15) is 44.9 Å². The highest BCUT2D eigenvalue weighted by molar-refractivity contribution is 5.76. The molecule has 1 aliphatic carbocycles. The highest BCUT2D eigenvalue weighted by Crippen LogP contribution is 2.26. The van der Waals surface area contributed by atoms with E-state index in [1.807, 2.05) is 0 Å². The second-order valence-corrected chi connectivity index (χ2v) is 4.71. The minimum absolute atomic E-state index is 0.0814. The molecule has 0 heterocycles. The first-order valence-electron chi connectivity index (χ1n) is 5.87. The summed E-state index contributed by atoms with van der Waals surface area (Å²) in [4.78, 5) is 11.0. The van der Waals surface area contributed by atoms with Gasteiger partial charge in [0.1, 0.15) is 6.42 Å². The summed E-state index contributed by atoms with van der Waals surface area (Å²) < 4.78 is 35.7. The van der Waals surface area contributed by atoms with Gasteiger partial charge in [-0.3, -0.25) is 4.79 Å². The molecule has 1 amide bonds. The number of aliphatic hydroxyl groups is 1. The predicted octanol–water partition coefficient (Wildman–Crippen LogP) is 2.14. The first kappa shape index (κ1) is 14.3. The average Bonchev–Trinajstić information content (AvgIpc) is 2.38. The maximum absolute atomic E-state index is 11.9. The van der Waals surface area contributed by atoms with Gasteiger partial charge < -0.3 is 10.4 Å². The van der Waals surface area contributed by atoms with Crippen molar-refractivity contribution in [2.75, 3.05) is 6.54 Å². The van der Waals surface area contributed by atoms with Gasteiger partial charge in [0.15, 0.2) is 0 Å². The van der Waals surface area contributed by atoms with Crippen molar-refractivity contribution >= 4 is 5.91 Å². The van der Waals surface area contributed by atoms with Crippen LogP contribution in [-0.4, -0.2) is 29.3 Å². The third-order valence-electron chi connectivity index (χ3n) is 3.01. The molecule has 0 unspecified atom stereocenters. The third-order valence-corrected chi connectivity index (χ3v) is 3.01. The van der Waals surface area contributed by atoms with Crippen molar-refractivity contribution in [3.63, 3.8) is 0 Å². The first-order valence-corrected chi connectivity index (χ1v) is 5.87. The van der Waals surface area contributed by atoms with Crippen molar-refractivity contribution in [2.24, 2.45) is 0 Å². The second-order valence-electron chi connectivity index (χ2n) is 4.71. The van der Waals surface area contributed by atoms with Crippen molar-refractivity contribution in [1.82, 2.24) is 5.32 Å². The van der Waals surface area contributed by atoms with Crippen LogP contribution in [0, 0.1) is 0 Å². The Morgan fingerprint density at radius 1 is 1.18 bits per heavy atom. The zero-order valence-electron chi connectivity index (χ0n) is 9.65. The van der Waals surface area contributed by atoms with E-state index in [-0.39, 0.29) is 6.54 Å². The molecule has 0 spiro atoms. The molecular weight excluding hydrogens is 235 g/mol. The number of halogens is 3. The fourth-order valence-corrected chi connectivity index (χ4v) is 2.07. The van der Waals surface area contributed by atoms with Crippen LogP contribution in [0.25, 0.3) is 0 Å². The molecule has 1 rings (SSSR count). The van der Waals surface area contributed by atoms with Crippen molar-refractivity contribution in [1.29, 1.82) is 0 Å². The van der Waals surface area contributed by atoms with E-state index in [4.69, 9.17) is 0 Å². The molecule has 0 aliphatic heterocycles. The first-order chi connectivity index (χ1) is 7.81. The molecule has 2 N–H and O–H groups in total. The minimum Gasteiger partial charge on any atom is -0.388 e. The van der Waals surface area contributed by atoms with Crippen LogP contribution in [0.3, 0.4) is 0 Å². The number of amides is 1. The number of carbonyl (C=O) groups excluding carboxylic acids is 1. The summed E-state index contributed by atoms with van der Waals surface area (Å²) in [5.74, 6) is -1.07. The van der Waals surface area contributed by atoms with Gasteiger partial charge in [-0.25, -0.2) is 0 Å². The Morgan fingerprint density at radius 2 is 1.71 bits per heavy atom. The monoisotopic (exact) mass is 253 g/mol. The van der Waals surface area contributed by atoms with Gasteiger partial charge in [-0.15, -0.1) is 0 Å². The van der Waals surface area contributed by atoms with Gasteiger partial charge in [0.25, 0.3) is 0 Å². The molecule has 0 aromatic carbocycles. The molecule has 3 nitrogen and oxygen atoms in total. The van der Waals surface area contributed by atoms with Crippen LogP contribution in [-0.2, 0) is 4.79 Å². The molecule has 100 valence electrons. The smallest absolute Gasteiger partial charge is 0.388 e. The highest BCUT2D eigenvalue weighted by Gasteiger charge is 2.33. The van der Waals surface area contributed by atoms with E-state index in [1.165, 1.54) is 0 Å². The molecule has 1 saturated carbocycles. The quantitative estimate of drug-likeness (QED) is 0.757. The average molecular weight is 253 g/mol. The van der Waals surface area contributed by atoms with Crippen molar-refractivity contribution in [3.05, 3.63) is 0 Å². The predicted molar refractivity (Wildman–Crippen MR) is 56.3 cm³/mol. The molecule has 0 bridgehead atoms. The Bertz CT molecular complexity index is 258. The standard InChI is InChI=1S/C11H18F3NO2/c12-11(13,14)7-9(16)15-8-10(17)5-3-1-2-4-6-10/h17H,1-8H2,(H,15,16). The van der Waals surface area contributed by atoms with Gasteiger partial charge in [-0.05, 0) is 12.8 Å². The SMILES string of the molecule is O=C(CC(F)(F)F)NCC1(O)CCCCCC1. The number of hydrogen-bond acceptors (Lipinski definition) is 2. The Morgan fingerprint density at radius 3 is 2.18 bits per heavy atom. The summed E-state index contributed by atoms with van der Waals surface area (Å²) in [7, 11) is 0. The highest BCUT2D eigenvalue weighted by atomic mass is 19.4. The Hall–Kier alpha value is -0.780. The molecule has 0 aromatic heterocycles. The topological polar surface area (TPSA) is 49.3 Å². The molecule has 0 atom stereocenters. The van der Waals surface area contributed by atoms with Gasteiger partial charge in [0.2, 0.25) is 5.91 Å². The van der Waals surface area contributed by atoms with Gasteiger partial charge >= 0.3 is 6.18 Å². The van der Waals surface area contributed by atoms with E-state index in [0.29, 0.717) is 12.8 Å². The van der Waals surface area contributed by atoms with Crippen LogP contribution < -0.4 is 5.32 Å². The van der Waals surface area contributed by atoms with Gasteiger partial charge in [-0.1, -0.05) is 25.7 Å². The molecule has 0 radical (unpaired) electrons. The summed E-state index contributed by atoms with van der Waals surface area (Å²) in [6, 6.07) is 0. The largest absolute Gasteiger partial charge is 0.397 e. The number of alkyl halides is 3. The second kappa shape index (κ2) is 5.71. The van der Waals surface area contributed by atoms with E-state index in [9.17, 15) is 23.1 Å². The zero-order valence-corrected chi connectivity index (χ0v) is 9.65. The van der Waals surface area contributed by atoms with E-state index < -0.39 is 24.1 Å². The van der Waals surface area contributed by atoms with Gasteiger partial charge in [-0.2, -0.15) is 13.2 Å². The summed E-state index contributed by atoms with van der Waals surface area (Å²) in [6.07, 6.45) is -1.13. The lowest BCUT2D eigenvalue weighted by Gasteiger charge is -2.26. The van der Waals surface area contributed by atoms with E-state index in [2.05, 4.69) is 5.32 Å². The van der Waals surface area contributed by atoms with E-state index in [0.717, 1.165) is 25.7 Å². The lowest BCUT2D eigenvalue weighted by molar-refractivity contribution is -0.154. The number of carbonyl (C=O) groups is 1. The number of hydrogen-bond donors (Lipinski definition) is 2. The molecular formula is C11H18F3NO2. The molecule has 0 saturated heterocycles. The Balaban J connectivity index is 2.35. The molecule has 1 fully saturated rings. The Labute approximate surface area is 98.4 Å². The van der Waals surface area contributed by atoms with E-state index in [1.54, 1.807) is 0 Å². The van der Waals surface area contributed by atoms with Crippen molar-refractivity contribution in [3.8, 4) is 0 Å². The number of nitrogens with one attached hydrogen (secondary N) is 1. The summed E-state index contributed by atoms with van der Waals surface area (Å²) in [5.41, 5.74) is -1.03. The maximum atomic E-state index is 11.9.